The zero-order valence-electron chi connectivity index (χ0n) is 6.52. The van der Waals surface area contributed by atoms with Gasteiger partial charge in [0.05, 0.1) is 5.69 Å². The number of aromatic nitrogens is 2. The Morgan fingerprint density at radius 1 is 1.55 bits per heavy atom. The van der Waals surface area contributed by atoms with Gasteiger partial charge in [-0.05, 0) is 15.6 Å². The molecule has 1 rings (SSSR count). The number of nitrogens with zero attached hydrogens (tertiary/aromatic N) is 2. The summed E-state index contributed by atoms with van der Waals surface area (Å²) in [5.74, 6) is 0. The van der Waals surface area contributed by atoms with Crippen LogP contribution in [0.15, 0.2) is 18.6 Å². The maximum atomic E-state index is 11.2. The third-order valence-corrected chi connectivity index (χ3v) is 1.82. The van der Waals surface area contributed by atoms with Crippen LogP contribution in [0.3, 0.4) is 0 Å². The van der Waals surface area contributed by atoms with E-state index in [0.717, 1.165) is 5.69 Å². The van der Waals surface area contributed by atoms with Gasteiger partial charge in [0.15, 0.2) is 0 Å². The quantitative estimate of drug-likeness (QED) is 0.564. The predicted molar refractivity (Wildman–Crippen MR) is 47.2 cm³/mol. The van der Waals surface area contributed by atoms with Crippen molar-refractivity contribution < 1.29 is 4.21 Å². The minimum absolute atomic E-state index is 0.718. The van der Waals surface area contributed by atoms with Crippen LogP contribution in [0, 0.1) is 0 Å². The van der Waals surface area contributed by atoms with Gasteiger partial charge in [-0.1, -0.05) is 0 Å². The fourth-order valence-electron chi connectivity index (χ4n) is 0.661. The summed E-state index contributed by atoms with van der Waals surface area (Å²) in [4.78, 5) is 7.67. The molecule has 0 aliphatic carbocycles. The molecule has 1 heterocycles. The van der Waals surface area contributed by atoms with E-state index in [-0.39, 0.29) is 0 Å². The summed E-state index contributed by atoms with van der Waals surface area (Å²) in [6.07, 6.45) is 6.42. The lowest BCUT2D eigenvalue weighted by molar-refractivity contribution is 0.688. The molecule has 0 aliphatic heterocycles. The van der Waals surface area contributed by atoms with E-state index in [2.05, 4.69) is 9.97 Å². The van der Waals surface area contributed by atoms with E-state index in [1.54, 1.807) is 30.1 Å². The van der Waals surface area contributed by atoms with Crippen molar-refractivity contribution in [3.63, 3.8) is 0 Å². The van der Waals surface area contributed by atoms with Crippen LogP contribution in [0.2, 0.25) is 0 Å². The first kappa shape index (κ1) is 8.20. The third kappa shape index (κ3) is 3.13. The van der Waals surface area contributed by atoms with Gasteiger partial charge >= 0.3 is 0 Å². The molecule has 0 N–H and O–H groups in total. The molecule has 1 aromatic heterocycles. The van der Waals surface area contributed by atoms with E-state index >= 15 is 0 Å². The van der Waals surface area contributed by atoms with Crippen molar-refractivity contribution in [3.8, 4) is 0 Å². The molecule has 0 amide bonds. The van der Waals surface area contributed by atoms with Gasteiger partial charge in [0.1, 0.15) is 6.33 Å². The molecule has 0 saturated heterocycles. The lowest BCUT2D eigenvalue weighted by atomic mass is 10.5. The molecule has 60 valence electrons. The van der Waals surface area contributed by atoms with Crippen LogP contribution in [-0.2, 0) is 9.52 Å². The van der Waals surface area contributed by atoms with Crippen molar-refractivity contribution in [2.45, 2.75) is 0 Å². The molecule has 11 heavy (non-hydrogen) atoms. The van der Waals surface area contributed by atoms with Crippen LogP contribution >= 0.6 is 0 Å². The molecule has 4 heteroatoms. The normalized spacial score (nSPS) is 11.1. The maximum Gasteiger partial charge on any atom is 0.116 e. The molecule has 0 aromatic carbocycles. The summed E-state index contributed by atoms with van der Waals surface area (Å²) in [6.45, 7) is 0. The molecule has 0 saturated carbocycles. The monoisotopic (exact) mass is 170 g/mol. The molecule has 0 bridgehead atoms. The Morgan fingerprint density at radius 3 is 2.73 bits per heavy atom. The van der Waals surface area contributed by atoms with Crippen molar-refractivity contribution in [3.05, 3.63) is 24.3 Å². The van der Waals surface area contributed by atoms with Crippen LogP contribution < -0.4 is 0 Å². The minimum Gasteiger partial charge on any atom is -0.268 e. The fraction of sp³-hybridized carbons (Fsp3) is 0.286. The van der Waals surface area contributed by atoms with E-state index in [0.29, 0.717) is 0 Å². The maximum absolute atomic E-state index is 11.2. The zero-order chi connectivity index (χ0) is 8.32. The molecule has 0 fully saturated rings. The average Bonchev–Trinajstić information content (AvgIpc) is 1.85. The molecule has 0 spiro atoms. The topological polar surface area (TPSA) is 42.9 Å². The Bertz CT molecular complexity index is 331. The van der Waals surface area contributed by atoms with Gasteiger partial charge in [0.25, 0.3) is 0 Å². The highest BCUT2D eigenvalue weighted by atomic mass is 32.2. The minimum atomic E-state index is -1.84. The molecule has 0 unspecified atom stereocenters. The molecule has 0 radical (unpaired) electrons. The van der Waals surface area contributed by atoms with E-state index in [4.69, 9.17) is 0 Å². The first-order valence-electron chi connectivity index (χ1n) is 3.13. The van der Waals surface area contributed by atoms with Gasteiger partial charge in [-0.25, -0.2) is 9.97 Å². The summed E-state index contributed by atoms with van der Waals surface area (Å²) in [6, 6.07) is 1.73. The highest BCUT2D eigenvalue weighted by molar-refractivity contribution is 8.00. The Hall–Kier alpha value is -0.900. The third-order valence-electron chi connectivity index (χ3n) is 1.01. The van der Waals surface area contributed by atoms with E-state index in [1.807, 2.05) is 0 Å². The van der Waals surface area contributed by atoms with Crippen molar-refractivity contribution in [1.82, 2.24) is 9.97 Å². The fourth-order valence-corrected chi connectivity index (χ4v) is 1.38. The Labute approximate surface area is 66.5 Å². The van der Waals surface area contributed by atoms with E-state index in [9.17, 15) is 4.21 Å². The second kappa shape index (κ2) is 3.00. The summed E-state index contributed by atoms with van der Waals surface area (Å²) >= 11 is 0. The summed E-state index contributed by atoms with van der Waals surface area (Å²) in [7, 11) is -1.84. The van der Waals surface area contributed by atoms with Gasteiger partial charge in [-0.15, -0.1) is 0 Å². The van der Waals surface area contributed by atoms with Gasteiger partial charge in [-0.2, -0.15) is 0 Å². The van der Waals surface area contributed by atoms with E-state index in [1.165, 1.54) is 6.33 Å². The number of hydrogen-bond acceptors (Lipinski definition) is 3. The smallest absolute Gasteiger partial charge is 0.116 e. The van der Waals surface area contributed by atoms with Gasteiger partial charge in [0.2, 0.25) is 0 Å². The average molecular weight is 170 g/mol. The molecule has 3 nitrogen and oxygen atoms in total. The molecule has 0 atom stereocenters. The van der Waals surface area contributed by atoms with Crippen molar-refractivity contribution in [2.75, 3.05) is 12.5 Å². The van der Waals surface area contributed by atoms with E-state index < -0.39 is 9.52 Å². The Kier molecular flexibility index (Phi) is 2.24. The Morgan fingerprint density at radius 2 is 2.27 bits per heavy atom. The van der Waals surface area contributed by atoms with Crippen LogP contribution in [0.4, 0.5) is 0 Å². The van der Waals surface area contributed by atoms with Crippen LogP contribution in [0.5, 0.6) is 0 Å². The molecular formula is C7H10N2OS. The lowest BCUT2D eigenvalue weighted by Gasteiger charge is -1.93. The summed E-state index contributed by atoms with van der Waals surface area (Å²) in [5, 5.41) is 1.65. The highest BCUT2D eigenvalue weighted by Gasteiger charge is 1.90. The Balaban J connectivity index is 3.08. The number of rotatable bonds is 1. The predicted octanol–water partition coefficient (Wildman–Crippen LogP) is 0.171. The van der Waals surface area contributed by atoms with Crippen molar-refractivity contribution >= 4 is 14.9 Å². The standard InChI is InChI=1S/C7H10N2OS/c1-11(2,10)5-7-3-4-8-6-9-7/h3-6H,1-2H3. The number of hydrogen-bond donors (Lipinski definition) is 0. The van der Waals surface area contributed by atoms with Crippen molar-refractivity contribution in [2.24, 2.45) is 0 Å². The first-order chi connectivity index (χ1) is 5.08. The van der Waals surface area contributed by atoms with Gasteiger partial charge in [0, 0.05) is 24.1 Å². The SMILES string of the molecule is CS(C)(=O)=Cc1ccncn1. The first-order valence-corrected chi connectivity index (χ1v) is 5.57. The second-order valence-electron chi connectivity index (χ2n) is 2.56. The lowest BCUT2D eigenvalue weighted by Crippen LogP contribution is -2.00. The van der Waals surface area contributed by atoms with Crippen LogP contribution in [0.25, 0.3) is 0 Å². The largest absolute Gasteiger partial charge is 0.268 e. The van der Waals surface area contributed by atoms with Crippen LogP contribution in [0.1, 0.15) is 5.69 Å². The highest BCUT2D eigenvalue weighted by Crippen LogP contribution is 1.87. The zero-order valence-corrected chi connectivity index (χ0v) is 7.34. The van der Waals surface area contributed by atoms with Gasteiger partial charge in [-0.3, -0.25) is 4.21 Å². The second-order valence-corrected chi connectivity index (χ2v) is 5.42. The molecule has 0 aliphatic rings. The molecule has 1 aromatic rings. The van der Waals surface area contributed by atoms with Crippen molar-refractivity contribution in [1.29, 1.82) is 0 Å². The van der Waals surface area contributed by atoms with Crippen LogP contribution in [-0.4, -0.2) is 32.1 Å². The van der Waals surface area contributed by atoms with Gasteiger partial charge < -0.3 is 0 Å². The summed E-state index contributed by atoms with van der Waals surface area (Å²) < 4.78 is 11.2. The molecular weight excluding hydrogens is 160 g/mol. The summed E-state index contributed by atoms with van der Waals surface area (Å²) in [5.41, 5.74) is 0.718.